The standard InChI is InChI=1S/C29H24F2N4O3/c1-38-29(37)24-15-35(8-7-25(24)33)27-22-11-16(21-4-2-3-17(13-32)28(21)36)5-6-26(22)34-14-23(27)18-9-19(30)12-20(31)10-18/h2-6,9-12,14,24-25,36H,7-8,15,33H2,1H3/t24-,25?/m1/s1. The summed E-state index contributed by atoms with van der Waals surface area (Å²) in [5.41, 5.74) is 9.44. The summed E-state index contributed by atoms with van der Waals surface area (Å²) in [6, 6.07) is 15.1. The number of piperidine rings is 1. The van der Waals surface area contributed by atoms with Crippen LogP contribution in [0, 0.1) is 28.9 Å². The third-order valence-corrected chi connectivity index (χ3v) is 6.97. The number of esters is 1. The van der Waals surface area contributed by atoms with Gasteiger partial charge < -0.3 is 20.5 Å². The molecule has 1 aliphatic heterocycles. The van der Waals surface area contributed by atoms with Crippen LogP contribution in [0.2, 0.25) is 0 Å². The Morgan fingerprint density at radius 3 is 2.61 bits per heavy atom. The third kappa shape index (κ3) is 4.51. The number of anilines is 1. The Hall–Kier alpha value is -4.55. The van der Waals surface area contributed by atoms with Gasteiger partial charge in [0.1, 0.15) is 23.5 Å². The molecule has 2 heterocycles. The van der Waals surface area contributed by atoms with Crippen molar-refractivity contribution < 1.29 is 23.4 Å². The Kier molecular flexibility index (Phi) is 6.66. The largest absolute Gasteiger partial charge is 0.506 e. The molecule has 5 rings (SSSR count). The summed E-state index contributed by atoms with van der Waals surface area (Å²) >= 11 is 0. The fourth-order valence-corrected chi connectivity index (χ4v) is 5.05. The van der Waals surface area contributed by atoms with Crippen molar-refractivity contribution in [3.63, 3.8) is 0 Å². The number of aromatic nitrogens is 1. The van der Waals surface area contributed by atoms with Crippen LogP contribution >= 0.6 is 0 Å². The van der Waals surface area contributed by atoms with Gasteiger partial charge in [0.15, 0.2) is 0 Å². The molecule has 1 saturated heterocycles. The second-order valence-electron chi connectivity index (χ2n) is 9.25. The number of hydrogen-bond acceptors (Lipinski definition) is 7. The highest BCUT2D eigenvalue weighted by atomic mass is 19.1. The molecular weight excluding hydrogens is 490 g/mol. The molecule has 38 heavy (non-hydrogen) atoms. The molecule has 0 amide bonds. The molecule has 0 aliphatic carbocycles. The molecule has 192 valence electrons. The zero-order valence-corrected chi connectivity index (χ0v) is 20.5. The van der Waals surface area contributed by atoms with Gasteiger partial charge in [-0.05, 0) is 47.9 Å². The number of halogens is 2. The highest BCUT2D eigenvalue weighted by Crippen LogP contribution is 2.41. The van der Waals surface area contributed by atoms with E-state index in [1.54, 1.807) is 30.5 Å². The summed E-state index contributed by atoms with van der Waals surface area (Å²) in [6.07, 6.45) is 2.05. The monoisotopic (exact) mass is 514 g/mol. The van der Waals surface area contributed by atoms with Gasteiger partial charge in [0, 0.05) is 47.9 Å². The number of nitrogens with zero attached hydrogens (tertiary/aromatic N) is 3. The number of nitriles is 1. The van der Waals surface area contributed by atoms with E-state index in [9.17, 15) is 23.9 Å². The molecule has 3 N–H and O–H groups in total. The lowest BCUT2D eigenvalue weighted by Crippen LogP contribution is -2.50. The van der Waals surface area contributed by atoms with Crippen LogP contribution in [-0.4, -0.2) is 42.3 Å². The predicted octanol–water partition coefficient (Wildman–Crippen LogP) is 4.75. The lowest BCUT2D eigenvalue weighted by Gasteiger charge is -2.38. The minimum absolute atomic E-state index is 0.135. The number of fused-ring (bicyclic) bond motifs is 1. The molecule has 1 fully saturated rings. The number of phenolic OH excluding ortho intramolecular Hbond substituents is 1. The number of carbonyl (C=O) groups is 1. The Bertz CT molecular complexity index is 1580. The first-order chi connectivity index (χ1) is 18.3. The van der Waals surface area contributed by atoms with Gasteiger partial charge in [-0.1, -0.05) is 18.2 Å². The smallest absolute Gasteiger partial charge is 0.312 e. The molecule has 1 aliphatic rings. The molecule has 0 saturated carbocycles. The highest BCUT2D eigenvalue weighted by molar-refractivity contribution is 6.02. The molecule has 0 bridgehead atoms. The van der Waals surface area contributed by atoms with Crippen LogP contribution in [0.25, 0.3) is 33.2 Å². The quantitative estimate of drug-likeness (QED) is 0.378. The van der Waals surface area contributed by atoms with E-state index in [0.29, 0.717) is 46.2 Å². The number of para-hydroxylation sites is 1. The molecule has 3 aromatic carbocycles. The number of hydrogen-bond donors (Lipinski definition) is 2. The van der Waals surface area contributed by atoms with Crippen molar-refractivity contribution in [2.75, 3.05) is 25.1 Å². The molecule has 2 atom stereocenters. The second kappa shape index (κ2) is 10.1. The van der Waals surface area contributed by atoms with E-state index in [0.717, 1.165) is 6.07 Å². The summed E-state index contributed by atoms with van der Waals surface area (Å²) in [6.45, 7) is 0.717. The van der Waals surface area contributed by atoms with Crippen molar-refractivity contribution >= 4 is 22.6 Å². The van der Waals surface area contributed by atoms with Crippen LogP contribution in [0.4, 0.5) is 14.5 Å². The maximum Gasteiger partial charge on any atom is 0.312 e. The normalized spacial score (nSPS) is 17.3. The van der Waals surface area contributed by atoms with Crippen molar-refractivity contribution in [2.24, 2.45) is 11.7 Å². The summed E-state index contributed by atoms with van der Waals surface area (Å²) in [5.74, 6) is -2.65. The van der Waals surface area contributed by atoms with Gasteiger partial charge in [0.05, 0.1) is 29.8 Å². The highest BCUT2D eigenvalue weighted by Gasteiger charge is 2.34. The third-order valence-electron chi connectivity index (χ3n) is 6.97. The lowest BCUT2D eigenvalue weighted by atomic mass is 9.90. The number of nitrogens with two attached hydrogens (primary N) is 1. The molecule has 0 radical (unpaired) electrons. The van der Waals surface area contributed by atoms with Crippen molar-refractivity contribution in [1.29, 1.82) is 5.26 Å². The number of carbonyl (C=O) groups excluding carboxylic acids is 1. The minimum Gasteiger partial charge on any atom is -0.506 e. The van der Waals surface area contributed by atoms with Gasteiger partial charge in [-0.2, -0.15) is 5.26 Å². The minimum atomic E-state index is -0.730. The Morgan fingerprint density at radius 2 is 1.89 bits per heavy atom. The predicted molar refractivity (Wildman–Crippen MR) is 139 cm³/mol. The zero-order valence-electron chi connectivity index (χ0n) is 20.5. The van der Waals surface area contributed by atoms with Crippen molar-refractivity contribution in [2.45, 2.75) is 12.5 Å². The van der Waals surface area contributed by atoms with E-state index in [-0.39, 0.29) is 23.4 Å². The Labute approximate surface area is 217 Å². The van der Waals surface area contributed by atoms with E-state index in [1.807, 2.05) is 17.0 Å². The van der Waals surface area contributed by atoms with E-state index in [2.05, 4.69) is 4.98 Å². The Morgan fingerprint density at radius 1 is 1.13 bits per heavy atom. The van der Waals surface area contributed by atoms with Gasteiger partial charge in [-0.25, -0.2) is 8.78 Å². The fourth-order valence-electron chi connectivity index (χ4n) is 5.05. The number of phenols is 1. The molecule has 0 spiro atoms. The Balaban J connectivity index is 1.76. The number of benzene rings is 3. The average molecular weight is 515 g/mol. The van der Waals surface area contributed by atoms with E-state index >= 15 is 0 Å². The molecule has 1 unspecified atom stereocenters. The first kappa shape index (κ1) is 25.1. The lowest BCUT2D eigenvalue weighted by molar-refractivity contribution is -0.146. The topological polar surface area (TPSA) is 112 Å². The van der Waals surface area contributed by atoms with Crippen molar-refractivity contribution in [1.82, 2.24) is 4.98 Å². The van der Waals surface area contributed by atoms with E-state index < -0.39 is 29.6 Å². The molecule has 7 nitrogen and oxygen atoms in total. The van der Waals surface area contributed by atoms with E-state index in [4.69, 9.17) is 10.5 Å². The van der Waals surface area contributed by atoms with E-state index in [1.165, 1.54) is 25.3 Å². The van der Waals surface area contributed by atoms with Gasteiger partial charge in [-0.3, -0.25) is 9.78 Å². The van der Waals surface area contributed by atoms with Crippen LogP contribution in [-0.2, 0) is 9.53 Å². The van der Waals surface area contributed by atoms with Gasteiger partial charge in [0.2, 0.25) is 0 Å². The van der Waals surface area contributed by atoms with Gasteiger partial charge in [0.25, 0.3) is 0 Å². The van der Waals surface area contributed by atoms with Crippen LogP contribution in [0.1, 0.15) is 12.0 Å². The van der Waals surface area contributed by atoms with Crippen LogP contribution in [0.3, 0.4) is 0 Å². The first-order valence-electron chi connectivity index (χ1n) is 12.0. The molecule has 9 heteroatoms. The molecule has 1 aromatic heterocycles. The van der Waals surface area contributed by atoms with Crippen LogP contribution in [0.5, 0.6) is 5.75 Å². The van der Waals surface area contributed by atoms with Gasteiger partial charge in [-0.15, -0.1) is 0 Å². The average Bonchev–Trinajstić information content (AvgIpc) is 2.91. The number of aromatic hydroxyl groups is 1. The summed E-state index contributed by atoms with van der Waals surface area (Å²) in [5, 5.41) is 20.7. The number of pyridine rings is 1. The summed E-state index contributed by atoms with van der Waals surface area (Å²) in [7, 11) is 1.31. The molecule has 4 aromatic rings. The van der Waals surface area contributed by atoms with Crippen LogP contribution < -0.4 is 10.6 Å². The maximum atomic E-state index is 14.3. The van der Waals surface area contributed by atoms with Crippen molar-refractivity contribution in [3.8, 4) is 34.1 Å². The van der Waals surface area contributed by atoms with Gasteiger partial charge >= 0.3 is 5.97 Å². The van der Waals surface area contributed by atoms with Crippen molar-refractivity contribution in [3.05, 3.63) is 78.0 Å². The number of rotatable bonds is 4. The summed E-state index contributed by atoms with van der Waals surface area (Å²) in [4.78, 5) is 19.0. The maximum absolute atomic E-state index is 14.3. The second-order valence-corrected chi connectivity index (χ2v) is 9.25. The molecular formula is C29H24F2N4O3. The SMILES string of the molecule is COC(=O)[C@@H]1CN(c2c(-c3cc(F)cc(F)c3)cnc3ccc(-c4cccc(C#N)c4O)cc23)CCC1N. The fraction of sp³-hybridized carbons (Fsp3) is 0.207. The first-order valence-corrected chi connectivity index (χ1v) is 12.0. The number of ether oxygens (including phenoxy) is 1. The number of methoxy groups -OCH3 is 1. The summed E-state index contributed by atoms with van der Waals surface area (Å²) < 4.78 is 33.5. The van der Waals surface area contributed by atoms with Crippen LogP contribution in [0.15, 0.2) is 60.8 Å². The zero-order chi connectivity index (χ0) is 27.0.